The number of hydrogen-bond acceptors (Lipinski definition) is 5. The molecule has 8 heteroatoms. The van der Waals surface area contributed by atoms with E-state index in [-0.39, 0.29) is 11.8 Å². The molecule has 30 heavy (non-hydrogen) atoms. The molecule has 2 amide bonds. The first kappa shape index (κ1) is 19.8. The Hall–Kier alpha value is -3.55. The molecule has 0 spiro atoms. The van der Waals surface area contributed by atoms with E-state index in [2.05, 4.69) is 25.5 Å². The number of nitrogens with one attached hydrogen (secondary N) is 2. The number of benzene rings is 1. The van der Waals surface area contributed by atoms with E-state index in [0.29, 0.717) is 30.1 Å². The van der Waals surface area contributed by atoms with Crippen LogP contribution >= 0.6 is 0 Å². The van der Waals surface area contributed by atoms with E-state index in [0.717, 1.165) is 36.5 Å². The number of carbonyl (C=O) groups is 2. The van der Waals surface area contributed by atoms with Crippen LogP contribution in [-0.4, -0.2) is 50.0 Å². The highest BCUT2D eigenvalue weighted by Crippen LogP contribution is 2.23. The van der Waals surface area contributed by atoms with Gasteiger partial charge in [0.05, 0.1) is 11.9 Å². The van der Waals surface area contributed by atoms with Gasteiger partial charge in [-0.1, -0.05) is 6.92 Å². The molecule has 154 valence electrons. The van der Waals surface area contributed by atoms with Crippen LogP contribution < -0.4 is 5.32 Å². The topological polar surface area (TPSA) is 104 Å². The summed E-state index contributed by atoms with van der Waals surface area (Å²) in [5.74, 6) is 1.08. The minimum absolute atomic E-state index is 0.0129. The standard InChI is InChI=1S/C22H24N6O2/c1-2-21(29)26-18-5-3-16(4-6-18)22(30)28-10-8-15(14-28)11-20-23-9-7-19(27-20)17-12-24-25-13-17/h3-7,9,12-13,15H,2,8,10-11,14H2,1H3,(H,24,25)(H,26,29)/t15-/m0/s1. The van der Waals surface area contributed by atoms with E-state index in [9.17, 15) is 9.59 Å². The highest BCUT2D eigenvalue weighted by atomic mass is 16.2. The minimum Gasteiger partial charge on any atom is -0.338 e. The van der Waals surface area contributed by atoms with Gasteiger partial charge < -0.3 is 10.2 Å². The van der Waals surface area contributed by atoms with Crippen LogP contribution in [0.2, 0.25) is 0 Å². The van der Waals surface area contributed by atoms with Gasteiger partial charge in [0, 0.05) is 55.1 Å². The van der Waals surface area contributed by atoms with Crippen molar-refractivity contribution < 1.29 is 9.59 Å². The quantitative estimate of drug-likeness (QED) is 0.657. The Morgan fingerprint density at radius 1 is 1.23 bits per heavy atom. The fourth-order valence-electron chi connectivity index (χ4n) is 3.62. The Morgan fingerprint density at radius 3 is 2.80 bits per heavy atom. The van der Waals surface area contributed by atoms with Crippen LogP contribution in [0, 0.1) is 5.92 Å². The predicted octanol–water partition coefficient (Wildman–Crippen LogP) is 2.92. The molecule has 0 unspecified atom stereocenters. The number of likely N-dealkylation sites (tertiary alicyclic amines) is 1. The third-order valence-corrected chi connectivity index (χ3v) is 5.28. The summed E-state index contributed by atoms with van der Waals surface area (Å²) in [5.41, 5.74) is 3.10. The fourth-order valence-corrected chi connectivity index (χ4v) is 3.62. The molecule has 2 N–H and O–H groups in total. The summed E-state index contributed by atoms with van der Waals surface area (Å²) in [6, 6.07) is 8.93. The highest BCUT2D eigenvalue weighted by molar-refractivity contribution is 5.96. The monoisotopic (exact) mass is 404 g/mol. The summed E-state index contributed by atoms with van der Waals surface area (Å²) < 4.78 is 0. The Balaban J connectivity index is 1.36. The molecule has 0 bridgehead atoms. The number of amides is 2. The van der Waals surface area contributed by atoms with Gasteiger partial charge in [-0.2, -0.15) is 5.10 Å². The van der Waals surface area contributed by atoms with Gasteiger partial charge in [0.1, 0.15) is 5.82 Å². The summed E-state index contributed by atoms with van der Waals surface area (Å²) in [6.07, 6.45) is 7.39. The Kier molecular flexibility index (Phi) is 5.83. The number of anilines is 1. The number of aromatic nitrogens is 4. The molecule has 1 saturated heterocycles. The van der Waals surface area contributed by atoms with Crippen molar-refractivity contribution in [3.63, 3.8) is 0 Å². The second kappa shape index (κ2) is 8.86. The van der Waals surface area contributed by atoms with E-state index < -0.39 is 0 Å². The summed E-state index contributed by atoms with van der Waals surface area (Å²) in [4.78, 5) is 35.2. The Labute approximate surface area is 174 Å². The average molecular weight is 404 g/mol. The smallest absolute Gasteiger partial charge is 0.253 e. The van der Waals surface area contributed by atoms with Crippen molar-refractivity contribution in [2.45, 2.75) is 26.2 Å². The molecule has 0 saturated carbocycles. The molecule has 1 aliphatic rings. The molecule has 1 aromatic carbocycles. The zero-order valence-electron chi connectivity index (χ0n) is 16.8. The molecule has 4 rings (SSSR count). The molecule has 1 fully saturated rings. The van der Waals surface area contributed by atoms with Gasteiger partial charge in [0.25, 0.3) is 5.91 Å². The van der Waals surface area contributed by atoms with Crippen LogP contribution in [0.15, 0.2) is 48.9 Å². The first-order valence-corrected chi connectivity index (χ1v) is 10.1. The lowest BCUT2D eigenvalue weighted by Gasteiger charge is -2.17. The third kappa shape index (κ3) is 4.53. The van der Waals surface area contributed by atoms with Crippen molar-refractivity contribution in [2.75, 3.05) is 18.4 Å². The molecular weight excluding hydrogens is 380 g/mol. The Bertz CT molecular complexity index is 1020. The van der Waals surface area contributed by atoms with Gasteiger partial charge in [-0.25, -0.2) is 9.97 Å². The number of H-pyrrole nitrogens is 1. The zero-order chi connectivity index (χ0) is 20.9. The fraction of sp³-hybridized carbons (Fsp3) is 0.318. The normalized spacial score (nSPS) is 15.9. The molecule has 2 aromatic heterocycles. The van der Waals surface area contributed by atoms with E-state index in [4.69, 9.17) is 0 Å². The van der Waals surface area contributed by atoms with Gasteiger partial charge in [0.15, 0.2) is 0 Å². The molecule has 1 atom stereocenters. The number of hydrogen-bond donors (Lipinski definition) is 2. The van der Waals surface area contributed by atoms with Crippen LogP contribution in [0.4, 0.5) is 5.69 Å². The maximum atomic E-state index is 12.8. The van der Waals surface area contributed by atoms with Gasteiger partial charge in [-0.3, -0.25) is 14.7 Å². The van der Waals surface area contributed by atoms with Gasteiger partial charge in [-0.05, 0) is 42.7 Å². The molecule has 0 radical (unpaired) electrons. The number of aromatic amines is 1. The van der Waals surface area contributed by atoms with Crippen molar-refractivity contribution in [2.24, 2.45) is 5.92 Å². The molecular formula is C22H24N6O2. The first-order chi connectivity index (χ1) is 14.6. The predicted molar refractivity (Wildman–Crippen MR) is 113 cm³/mol. The SMILES string of the molecule is CCC(=O)Nc1ccc(C(=O)N2CC[C@@H](Cc3nccc(-c4cn[nH]c4)n3)C2)cc1. The van der Waals surface area contributed by atoms with Crippen LogP contribution in [0.3, 0.4) is 0 Å². The van der Waals surface area contributed by atoms with Gasteiger partial charge in [0.2, 0.25) is 5.91 Å². The largest absolute Gasteiger partial charge is 0.338 e. The number of rotatable bonds is 6. The summed E-state index contributed by atoms with van der Waals surface area (Å²) >= 11 is 0. The van der Waals surface area contributed by atoms with Crippen LogP contribution in [-0.2, 0) is 11.2 Å². The zero-order valence-corrected chi connectivity index (χ0v) is 16.8. The molecule has 8 nitrogen and oxygen atoms in total. The lowest BCUT2D eigenvalue weighted by molar-refractivity contribution is -0.115. The van der Waals surface area contributed by atoms with Crippen molar-refractivity contribution in [1.82, 2.24) is 25.1 Å². The second-order valence-electron chi connectivity index (χ2n) is 7.43. The van der Waals surface area contributed by atoms with Crippen LogP contribution in [0.25, 0.3) is 11.3 Å². The second-order valence-corrected chi connectivity index (χ2v) is 7.43. The number of carbonyl (C=O) groups excluding carboxylic acids is 2. The minimum atomic E-state index is -0.0458. The maximum absolute atomic E-state index is 12.8. The molecule has 3 heterocycles. The lowest BCUT2D eigenvalue weighted by Crippen LogP contribution is -2.29. The van der Waals surface area contributed by atoms with Gasteiger partial charge >= 0.3 is 0 Å². The first-order valence-electron chi connectivity index (χ1n) is 10.1. The molecule has 1 aliphatic heterocycles. The van der Waals surface area contributed by atoms with Crippen molar-refractivity contribution in [3.05, 3.63) is 60.3 Å². The van der Waals surface area contributed by atoms with E-state index in [1.54, 1.807) is 49.8 Å². The summed E-state index contributed by atoms with van der Waals surface area (Å²) in [5, 5.41) is 9.55. The summed E-state index contributed by atoms with van der Waals surface area (Å²) in [7, 11) is 0. The maximum Gasteiger partial charge on any atom is 0.253 e. The highest BCUT2D eigenvalue weighted by Gasteiger charge is 2.27. The number of nitrogens with zero attached hydrogens (tertiary/aromatic N) is 4. The van der Waals surface area contributed by atoms with E-state index >= 15 is 0 Å². The van der Waals surface area contributed by atoms with Gasteiger partial charge in [-0.15, -0.1) is 0 Å². The van der Waals surface area contributed by atoms with Crippen LogP contribution in [0.1, 0.15) is 35.9 Å². The van der Waals surface area contributed by atoms with E-state index in [1.807, 2.05) is 11.0 Å². The summed E-state index contributed by atoms with van der Waals surface area (Å²) in [6.45, 7) is 3.21. The van der Waals surface area contributed by atoms with E-state index in [1.165, 1.54) is 0 Å². The van der Waals surface area contributed by atoms with Crippen LogP contribution in [0.5, 0.6) is 0 Å². The van der Waals surface area contributed by atoms with Crippen molar-refractivity contribution in [1.29, 1.82) is 0 Å². The lowest BCUT2D eigenvalue weighted by atomic mass is 10.0. The van der Waals surface area contributed by atoms with Crippen molar-refractivity contribution >= 4 is 17.5 Å². The Morgan fingerprint density at radius 2 is 2.07 bits per heavy atom. The molecule has 3 aromatic rings. The molecule has 0 aliphatic carbocycles. The third-order valence-electron chi connectivity index (χ3n) is 5.28. The average Bonchev–Trinajstić information content (AvgIpc) is 3.46. The van der Waals surface area contributed by atoms with Crippen molar-refractivity contribution in [3.8, 4) is 11.3 Å².